The minimum atomic E-state index is -2.45. The first kappa shape index (κ1) is 38.5. The van der Waals surface area contributed by atoms with E-state index in [4.69, 9.17) is 53.1 Å². The van der Waals surface area contributed by atoms with Crippen LogP contribution in [0, 0.1) is 0 Å². The third-order valence-electron chi connectivity index (χ3n) is 6.16. The Morgan fingerprint density at radius 3 is 0.444 bits per heavy atom. The highest BCUT2D eigenvalue weighted by Gasteiger charge is 2.41. The molecular formula is C20H52O12Si4. The second kappa shape index (κ2) is 21.2. The van der Waals surface area contributed by atoms with Crippen LogP contribution in [0.25, 0.3) is 0 Å². The van der Waals surface area contributed by atoms with Crippen molar-refractivity contribution in [3.63, 3.8) is 0 Å². The summed E-state index contributed by atoms with van der Waals surface area (Å²) in [4.78, 5) is 0. The maximum absolute atomic E-state index is 5.36. The van der Waals surface area contributed by atoms with Crippen LogP contribution >= 0.6 is 0 Å². The maximum Gasteiger partial charge on any atom is 0.500 e. The van der Waals surface area contributed by atoms with E-state index in [0.29, 0.717) is 0 Å². The summed E-state index contributed by atoms with van der Waals surface area (Å²) in [6, 6.07) is 3.10. The minimum Gasteiger partial charge on any atom is -0.377 e. The molecule has 0 heterocycles. The maximum atomic E-state index is 5.36. The van der Waals surface area contributed by atoms with Gasteiger partial charge in [0.2, 0.25) is 0 Å². The molecule has 0 saturated carbocycles. The Bertz CT molecular complexity index is 384. The average molecular weight is 597 g/mol. The topological polar surface area (TPSA) is 111 Å². The first-order chi connectivity index (χ1) is 17.1. The number of hydrogen-bond acceptors (Lipinski definition) is 12. The lowest BCUT2D eigenvalue weighted by atomic mass is 10.4. The fourth-order valence-electron chi connectivity index (χ4n) is 3.59. The van der Waals surface area contributed by atoms with E-state index in [1.807, 2.05) is 0 Å². The van der Waals surface area contributed by atoms with Gasteiger partial charge in [-0.05, 0) is 25.7 Å². The molecule has 36 heavy (non-hydrogen) atoms. The Balaban J connectivity index is 0. The highest BCUT2D eigenvalue weighted by atomic mass is 28.4. The van der Waals surface area contributed by atoms with Crippen LogP contribution in [0.2, 0.25) is 24.2 Å². The minimum absolute atomic E-state index is 0.776. The molecule has 0 spiro atoms. The van der Waals surface area contributed by atoms with Crippen LogP contribution in [0.4, 0.5) is 0 Å². The molecule has 0 N–H and O–H groups in total. The van der Waals surface area contributed by atoms with Gasteiger partial charge in [-0.15, -0.1) is 0 Å². The van der Waals surface area contributed by atoms with Gasteiger partial charge in [0.1, 0.15) is 0 Å². The first-order valence-electron chi connectivity index (χ1n) is 11.8. The lowest BCUT2D eigenvalue weighted by Gasteiger charge is -2.26. The number of rotatable bonds is 22. The normalized spacial score (nSPS) is 13.0. The highest BCUT2D eigenvalue weighted by Crippen LogP contribution is 2.23. The van der Waals surface area contributed by atoms with E-state index >= 15 is 0 Å². The molecule has 0 aliphatic rings. The second-order valence-electron chi connectivity index (χ2n) is 7.60. The molecule has 0 bridgehead atoms. The van der Waals surface area contributed by atoms with Crippen molar-refractivity contribution in [3.05, 3.63) is 0 Å². The molecular weight excluding hydrogens is 545 g/mol. The molecule has 0 unspecified atom stereocenters. The van der Waals surface area contributed by atoms with E-state index in [-0.39, 0.29) is 0 Å². The van der Waals surface area contributed by atoms with Crippen molar-refractivity contribution in [2.45, 2.75) is 49.9 Å². The zero-order chi connectivity index (χ0) is 28.1. The second-order valence-corrected chi connectivity index (χ2v) is 20.0. The lowest BCUT2D eigenvalue weighted by Crippen LogP contribution is -2.44. The lowest BCUT2D eigenvalue weighted by molar-refractivity contribution is 0.118. The van der Waals surface area contributed by atoms with Gasteiger partial charge in [0.05, 0.1) is 0 Å². The summed E-state index contributed by atoms with van der Waals surface area (Å²) < 4.78 is 64.3. The molecule has 0 aromatic rings. The third kappa shape index (κ3) is 13.0. The SMILES string of the molecule is CO[Si](CCCC[Si](OC)(OC)OC)(OC)OC.CO[Si](CCCC[Si](OC)(OC)OC)(OC)OC. The van der Waals surface area contributed by atoms with Crippen molar-refractivity contribution in [1.29, 1.82) is 0 Å². The zero-order valence-corrected chi connectivity index (χ0v) is 28.6. The summed E-state index contributed by atoms with van der Waals surface area (Å²) in [5.41, 5.74) is 0. The van der Waals surface area contributed by atoms with E-state index in [9.17, 15) is 0 Å². The van der Waals surface area contributed by atoms with Gasteiger partial charge in [-0.2, -0.15) is 0 Å². The molecule has 220 valence electrons. The van der Waals surface area contributed by atoms with Crippen molar-refractivity contribution in [2.75, 3.05) is 85.3 Å². The van der Waals surface area contributed by atoms with Crippen LogP contribution in [-0.4, -0.2) is 121 Å². The van der Waals surface area contributed by atoms with Gasteiger partial charge in [0.15, 0.2) is 0 Å². The van der Waals surface area contributed by atoms with Gasteiger partial charge in [-0.25, -0.2) is 0 Å². The van der Waals surface area contributed by atoms with E-state index in [1.165, 1.54) is 0 Å². The zero-order valence-electron chi connectivity index (χ0n) is 24.6. The van der Waals surface area contributed by atoms with E-state index in [0.717, 1.165) is 49.9 Å². The smallest absolute Gasteiger partial charge is 0.377 e. The summed E-state index contributed by atoms with van der Waals surface area (Å²) >= 11 is 0. The van der Waals surface area contributed by atoms with Crippen LogP contribution in [0.15, 0.2) is 0 Å². The summed E-state index contributed by atoms with van der Waals surface area (Å²) in [6.45, 7) is 0. The fraction of sp³-hybridized carbons (Fsp3) is 1.00. The number of hydrogen-bond donors (Lipinski definition) is 0. The van der Waals surface area contributed by atoms with Crippen LogP contribution in [0.3, 0.4) is 0 Å². The molecule has 12 nitrogen and oxygen atoms in total. The van der Waals surface area contributed by atoms with Gasteiger partial charge in [0.25, 0.3) is 0 Å². The van der Waals surface area contributed by atoms with Crippen molar-refractivity contribution < 1.29 is 53.1 Å². The van der Waals surface area contributed by atoms with Gasteiger partial charge in [0, 0.05) is 109 Å². The molecule has 0 aromatic carbocycles. The average Bonchev–Trinajstić information content (AvgIpc) is 2.95. The van der Waals surface area contributed by atoms with Gasteiger partial charge in [-0.1, -0.05) is 0 Å². The largest absolute Gasteiger partial charge is 0.500 e. The monoisotopic (exact) mass is 596 g/mol. The van der Waals surface area contributed by atoms with Crippen LogP contribution in [0.5, 0.6) is 0 Å². The van der Waals surface area contributed by atoms with E-state index in [2.05, 4.69) is 0 Å². The molecule has 0 radical (unpaired) electrons. The standard InChI is InChI=1S/2C10H26O6Si2/c2*1-11-17(12-2,13-3)9-7-8-10-18(14-4,15-5)16-6/h2*7-10H2,1-6H3. The highest BCUT2D eigenvalue weighted by molar-refractivity contribution is 6.62. The Morgan fingerprint density at radius 2 is 0.361 bits per heavy atom. The molecule has 0 fully saturated rings. The molecule has 0 aliphatic heterocycles. The summed E-state index contributed by atoms with van der Waals surface area (Å²) in [6.07, 6.45) is 3.69. The van der Waals surface area contributed by atoms with Crippen LogP contribution in [-0.2, 0) is 53.1 Å². The Kier molecular flexibility index (Phi) is 22.7. The molecule has 0 amide bonds. The Morgan fingerprint density at radius 1 is 0.250 bits per heavy atom. The fourth-order valence-corrected chi connectivity index (χ4v) is 10.8. The number of unbranched alkanes of at least 4 members (excludes halogenated alkanes) is 2. The van der Waals surface area contributed by atoms with Crippen molar-refractivity contribution >= 4 is 35.2 Å². The van der Waals surface area contributed by atoms with Crippen LogP contribution < -0.4 is 0 Å². The van der Waals surface area contributed by atoms with Gasteiger partial charge in [-0.3, -0.25) is 0 Å². The molecule has 0 rings (SSSR count). The molecule has 0 aliphatic carbocycles. The molecule has 0 aromatic heterocycles. The summed E-state index contributed by atoms with van der Waals surface area (Å²) in [5.74, 6) is 0. The van der Waals surface area contributed by atoms with Crippen LogP contribution in [0.1, 0.15) is 25.7 Å². The summed E-state index contributed by atoms with van der Waals surface area (Å²) in [7, 11) is 9.67. The third-order valence-corrected chi connectivity index (χ3v) is 17.5. The first-order valence-corrected chi connectivity index (χ1v) is 19.5. The molecule has 0 atom stereocenters. The molecule has 0 saturated heterocycles. The van der Waals surface area contributed by atoms with Crippen molar-refractivity contribution in [3.8, 4) is 0 Å². The van der Waals surface area contributed by atoms with E-state index < -0.39 is 35.2 Å². The Hall–Kier alpha value is 0.388. The van der Waals surface area contributed by atoms with Gasteiger partial charge < -0.3 is 53.1 Å². The van der Waals surface area contributed by atoms with Crippen molar-refractivity contribution in [1.82, 2.24) is 0 Å². The quantitative estimate of drug-likeness (QED) is 0.135. The van der Waals surface area contributed by atoms with Gasteiger partial charge >= 0.3 is 35.2 Å². The summed E-state index contributed by atoms with van der Waals surface area (Å²) in [5, 5.41) is 0. The van der Waals surface area contributed by atoms with Crippen molar-refractivity contribution in [2.24, 2.45) is 0 Å². The predicted molar refractivity (Wildman–Crippen MR) is 145 cm³/mol. The van der Waals surface area contributed by atoms with E-state index in [1.54, 1.807) is 85.3 Å². The predicted octanol–water partition coefficient (Wildman–Crippen LogP) is 3.05. The molecule has 16 heteroatoms. The Labute approximate surface area is 223 Å².